The van der Waals surface area contributed by atoms with Crippen molar-refractivity contribution in [1.29, 1.82) is 0 Å². The van der Waals surface area contributed by atoms with Gasteiger partial charge in [0.25, 0.3) is 0 Å². The zero-order valence-corrected chi connectivity index (χ0v) is 12.0. The Labute approximate surface area is 120 Å². The van der Waals surface area contributed by atoms with Crippen molar-refractivity contribution in [2.75, 3.05) is 33.4 Å². The number of methoxy groups -OCH3 is 1. The van der Waals surface area contributed by atoms with E-state index in [0.717, 1.165) is 31.5 Å². The number of rotatable bonds is 4. The minimum absolute atomic E-state index is 0.0967. The molecule has 1 aliphatic carbocycles. The second kappa shape index (κ2) is 5.45. The molecule has 20 heavy (non-hydrogen) atoms. The first kappa shape index (κ1) is 14.0. The van der Waals surface area contributed by atoms with E-state index in [1.807, 2.05) is 0 Å². The van der Waals surface area contributed by atoms with E-state index < -0.39 is 0 Å². The van der Waals surface area contributed by atoms with Gasteiger partial charge in [0.15, 0.2) is 0 Å². The normalized spacial score (nSPS) is 33.1. The molecule has 0 fully saturated rings. The number of aliphatic hydroxyl groups is 2. The molecule has 0 saturated carbocycles. The van der Waals surface area contributed by atoms with Crippen molar-refractivity contribution < 1.29 is 14.9 Å². The van der Waals surface area contributed by atoms with E-state index in [4.69, 9.17) is 4.74 Å². The fourth-order valence-corrected chi connectivity index (χ4v) is 4.05. The van der Waals surface area contributed by atoms with Crippen molar-refractivity contribution >= 4 is 0 Å². The Morgan fingerprint density at radius 3 is 3.00 bits per heavy atom. The molecule has 1 spiro atoms. The van der Waals surface area contributed by atoms with Crippen LogP contribution in [0.15, 0.2) is 34.9 Å². The van der Waals surface area contributed by atoms with Crippen molar-refractivity contribution in [3.05, 3.63) is 34.9 Å². The zero-order chi connectivity index (χ0) is 14.2. The van der Waals surface area contributed by atoms with Crippen molar-refractivity contribution in [2.45, 2.75) is 30.9 Å². The Morgan fingerprint density at radius 2 is 2.30 bits per heavy atom. The van der Waals surface area contributed by atoms with Crippen LogP contribution in [0.25, 0.3) is 0 Å². The number of hydrogen-bond acceptors (Lipinski definition) is 4. The molecule has 0 saturated heterocycles. The maximum absolute atomic E-state index is 9.69. The van der Waals surface area contributed by atoms with E-state index in [1.165, 1.54) is 11.1 Å². The number of ether oxygens (including phenoxy) is 1. The molecule has 0 amide bonds. The third-order valence-corrected chi connectivity index (χ3v) is 5.00. The van der Waals surface area contributed by atoms with Gasteiger partial charge >= 0.3 is 0 Å². The predicted octanol–water partition coefficient (Wildman–Crippen LogP) is 1.02. The molecule has 0 aromatic heterocycles. The Hall–Kier alpha value is -0.940. The molecule has 1 unspecified atom stereocenters. The van der Waals surface area contributed by atoms with Gasteiger partial charge in [-0.1, -0.05) is 18.2 Å². The molecule has 0 aromatic carbocycles. The summed E-state index contributed by atoms with van der Waals surface area (Å²) in [5.41, 5.74) is 3.46. The van der Waals surface area contributed by atoms with E-state index in [2.05, 4.69) is 23.1 Å². The molecule has 4 heteroatoms. The van der Waals surface area contributed by atoms with Gasteiger partial charge in [0.2, 0.25) is 0 Å². The summed E-state index contributed by atoms with van der Waals surface area (Å²) in [6, 6.07) is 0. The predicted molar refractivity (Wildman–Crippen MR) is 77.4 cm³/mol. The van der Waals surface area contributed by atoms with Gasteiger partial charge in [0.05, 0.1) is 18.2 Å². The maximum atomic E-state index is 9.69. The summed E-state index contributed by atoms with van der Waals surface area (Å²) in [6.07, 6.45) is 9.06. The van der Waals surface area contributed by atoms with Gasteiger partial charge in [-0.05, 0) is 29.6 Å². The standard InChI is InChI=1S/C16H23NO3/c1-20-14-3-2-13-5-8-17-7-4-12(11-19)15(6-9-18)16(13,17)10-14/h2-3,5,14,18-19H,4,6-11H2,1H3/t14-,16?/m0/s1. The molecule has 110 valence electrons. The van der Waals surface area contributed by atoms with Gasteiger partial charge in [-0.2, -0.15) is 0 Å². The molecular weight excluding hydrogens is 254 g/mol. The van der Waals surface area contributed by atoms with Crippen LogP contribution in [0.4, 0.5) is 0 Å². The van der Waals surface area contributed by atoms with Crippen LogP contribution in [0, 0.1) is 0 Å². The molecule has 3 rings (SSSR count). The summed E-state index contributed by atoms with van der Waals surface area (Å²) in [5, 5.41) is 19.2. The zero-order valence-electron chi connectivity index (χ0n) is 12.0. The summed E-state index contributed by atoms with van der Waals surface area (Å²) in [4.78, 5) is 2.47. The fraction of sp³-hybridized carbons (Fsp3) is 0.625. The molecule has 0 bridgehead atoms. The second-order valence-electron chi connectivity index (χ2n) is 5.77. The molecule has 0 radical (unpaired) electrons. The quantitative estimate of drug-likeness (QED) is 0.753. The second-order valence-corrected chi connectivity index (χ2v) is 5.77. The Balaban J connectivity index is 2.09. The molecule has 2 N–H and O–H groups in total. The highest BCUT2D eigenvalue weighted by Gasteiger charge is 2.50. The van der Waals surface area contributed by atoms with Crippen molar-refractivity contribution in [3.63, 3.8) is 0 Å². The van der Waals surface area contributed by atoms with Crippen LogP contribution >= 0.6 is 0 Å². The first-order valence-corrected chi connectivity index (χ1v) is 7.36. The highest BCUT2D eigenvalue weighted by atomic mass is 16.5. The highest BCUT2D eigenvalue weighted by molar-refractivity contribution is 5.51. The molecule has 0 aromatic rings. The topological polar surface area (TPSA) is 52.9 Å². The van der Waals surface area contributed by atoms with E-state index >= 15 is 0 Å². The van der Waals surface area contributed by atoms with Crippen LogP contribution in [0.5, 0.6) is 0 Å². The summed E-state index contributed by atoms with van der Waals surface area (Å²) in [5.74, 6) is 0. The summed E-state index contributed by atoms with van der Waals surface area (Å²) < 4.78 is 5.55. The third kappa shape index (κ3) is 1.91. The van der Waals surface area contributed by atoms with Crippen LogP contribution in [-0.2, 0) is 4.74 Å². The van der Waals surface area contributed by atoms with Gasteiger partial charge in [-0.3, -0.25) is 4.90 Å². The Bertz CT molecular complexity index is 480. The van der Waals surface area contributed by atoms with Gasteiger partial charge in [0, 0.05) is 33.2 Å². The van der Waals surface area contributed by atoms with E-state index in [0.29, 0.717) is 6.42 Å². The van der Waals surface area contributed by atoms with Crippen LogP contribution in [0.3, 0.4) is 0 Å². The average molecular weight is 277 g/mol. The van der Waals surface area contributed by atoms with Gasteiger partial charge in [0.1, 0.15) is 0 Å². The summed E-state index contributed by atoms with van der Waals surface area (Å²) >= 11 is 0. The minimum Gasteiger partial charge on any atom is -0.396 e. The van der Waals surface area contributed by atoms with Gasteiger partial charge in [-0.15, -0.1) is 0 Å². The maximum Gasteiger partial charge on any atom is 0.0779 e. The number of nitrogens with zero attached hydrogens (tertiary/aromatic N) is 1. The van der Waals surface area contributed by atoms with Crippen molar-refractivity contribution in [1.82, 2.24) is 4.90 Å². The van der Waals surface area contributed by atoms with Gasteiger partial charge in [-0.25, -0.2) is 0 Å². The lowest BCUT2D eigenvalue weighted by Crippen LogP contribution is -2.54. The van der Waals surface area contributed by atoms with Crippen LogP contribution in [0.2, 0.25) is 0 Å². The fourth-order valence-electron chi connectivity index (χ4n) is 4.05. The summed E-state index contributed by atoms with van der Waals surface area (Å²) in [7, 11) is 1.74. The third-order valence-electron chi connectivity index (χ3n) is 5.00. The van der Waals surface area contributed by atoms with Gasteiger partial charge < -0.3 is 14.9 Å². The highest BCUT2D eigenvalue weighted by Crippen LogP contribution is 2.49. The molecule has 2 heterocycles. The lowest BCUT2D eigenvalue weighted by atomic mass is 9.70. The molecule has 2 aliphatic heterocycles. The van der Waals surface area contributed by atoms with E-state index in [9.17, 15) is 10.2 Å². The molecule has 4 nitrogen and oxygen atoms in total. The van der Waals surface area contributed by atoms with Crippen molar-refractivity contribution in [2.24, 2.45) is 0 Å². The molecule has 2 atom stereocenters. The smallest absolute Gasteiger partial charge is 0.0779 e. The lowest BCUT2D eigenvalue weighted by Gasteiger charge is -2.49. The van der Waals surface area contributed by atoms with E-state index in [1.54, 1.807) is 7.11 Å². The van der Waals surface area contributed by atoms with Crippen LogP contribution in [-0.4, -0.2) is 60.2 Å². The molecular formula is C16H23NO3. The lowest BCUT2D eigenvalue weighted by molar-refractivity contribution is 0.0655. The Morgan fingerprint density at radius 1 is 1.45 bits per heavy atom. The first-order chi connectivity index (χ1) is 9.76. The number of hydrogen-bond donors (Lipinski definition) is 2. The monoisotopic (exact) mass is 277 g/mol. The average Bonchev–Trinajstić information content (AvgIpc) is 2.86. The van der Waals surface area contributed by atoms with E-state index in [-0.39, 0.29) is 24.9 Å². The summed E-state index contributed by atoms with van der Waals surface area (Å²) in [6.45, 7) is 2.14. The first-order valence-electron chi connectivity index (χ1n) is 7.36. The SMILES string of the molecule is CO[C@H]1C=CC2=CCN3CCC(CO)=C(CCO)C23C1. The molecule has 3 aliphatic rings. The largest absolute Gasteiger partial charge is 0.396 e. The Kier molecular flexibility index (Phi) is 3.82. The van der Waals surface area contributed by atoms with Crippen LogP contribution in [0.1, 0.15) is 19.3 Å². The van der Waals surface area contributed by atoms with Crippen molar-refractivity contribution in [3.8, 4) is 0 Å². The minimum atomic E-state index is -0.158. The van der Waals surface area contributed by atoms with Crippen LogP contribution < -0.4 is 0 Å². The number of aliphatic hydroxyl groups excluding tert-OH is 2.